The van der Waals surface area contributed by atoms with Crippen LogP contribution in [0.1, 0.15) is 31.4 Å². The topological polar surface area (TPSA) is 64.7 Å². The van der Waals surface area contributed by atoms with E-state index in [1.165, 1.54) is 5.56 Å². The number of benzene rings is 1. The molecule has 0 unspecified atom stereocenters. The van der Waals surface area contributed by atoms with E-state index in [9.17, 15) is 9.59 Å². The summed E-state index contributed by atoms with van der Waals surface area (Å²) < 4.78 is 0. The van der Waals surface area contributed by atoms with E-state index >= 15 is 0 Å². The highest BCUT2D eigenvalue weighted by Gasteiger charge is 2.31. The van der Waals surface area contributed by atoms with Gasteiger partial charge >= 0.3 is 6.03 Å². The summed E-state index contributed by atoms with van der Waals surface area (Å²) in [5.41, 5.74) is 3.27. The maximum absolute atomic E-state index is 12.3. The lowest BCUT2D eigenvalue weighted by molar-refractivity contribution is -0.117. The average molecular weight is 346 g/mol. The molecule has 1 aliphatic heterocycles. The Kier molecular flexibility index (Phi) is 6.82. The van der Waals surface area contributed by atoms with Crippen molar-refractivity contribution < 1.29 is 9.59 Å². The van der Waals surface area contributed by atoms with Gasteiger partial charge in [-0.2, -0.15) is 0 Å². The van der Waals surface area contributed by atoms with Crippen molar-refractivity contribution in [2.45, 2.75) is 40.2 Å². The first-order valence-corrected chi connectivity index (χ1v) is 9.08. The first-order chi connectivity index (χ1) is 11.9. The summed E-state index contributed by atoms with van der Waals surface area (Å²) >= 11 is 0. The second-order valence-electron chi connectivity index (χ2n) is 6.60. The van der Waals surface area contributed by atoms with Crippen LogP contribution in [0.25, 0.3) is 0 Å². The van der Waals surface area contributed by atoms with Crippen molar-refractivity contribution >= 4 is 17.6 Å². The molecule has 1 atom stereocenters. The number of likely N-dealkylation sites (N-methyl/N-ethyl adjacent to an activating group) is 1. The van der Waals surface area contributed by atoms with Crippen molar-refractivity contribution in [3.05, 3.63) is 29.3 Å². The van der Waals surface area contributed by atoms with E-state index in [4.69, 9.17) is 0 Å². The first-order valence-electron chi connectivity index (χ1n) is 9.08. The smallest absolute Gasteiger partial charge is 0.315 e. The molecule has 0 saturated carbocycles. The highest BCUT2D eigenvalue weighted by Crippen LogP contribution is 2.24. The SMILES string of the molecule is CCN(CC)CCNC(=O)N[C@H]1CC(=O)N(c2ccc(C)c(C)c2)C1. The Morgan fingerprint density at radius 3 is 2.60 bits per heavy atom. The quantitative estimate of drug-likeness (QED) is 0.794. The van der Waals surface area contributed by atoms with E-state index in [-0.39, 0.29) is 18.0 Å². The van der Waals surface area contributed by atoms with E-state index in [1.54, 1.807) is 4.90 Å². The Hall–Kier alpha value is -2.08. The van der Waals surface area contributed by atoms with Gasteiger partial charge in [0.2, 0.25) is 5.91 Å². The zero-order valence-corrected chi connectivity index (χ0v) is 15.8. The number of rotatable bonds is 7. The van der Waals surface area contributed by atoms with Gasteiger partial charge in [0.25, 0.3) is 0 Å². The van der Waals surface area contributed by atoms with Gasteiger partial charge in [-0.3, -0.25) is 4.79 Å². The monoisotopic (exact) mass is 346 g/mol. The summed E-state index contributed by atoms with van der Waals surface area (Å²) in [7, 11) is 0. The van der Waals surface area contributed by atoms with Gasteiger partial charge in [0.05, 0.1) is 6.04 Å². The summed E-state index contributed by atoms with van der Waals surface area (Å²) in [4.78, 5) is 28.3. The molecule has 138 valence electrons. The fraction of sp³-hybridized carbons (Fsp3) is 0.579. The van der Waals surface area contributed by atoms with Crippen LogP contribution < -0.4 is 15.5 Å². The molecule has 6 heteroatoms. The average Bonchev–Trinajstić information content (AvgIpc) is 2.94. The minimum Gasteiger partial charge on any atom is -0.337 e. The van der Waals surface area contributed by atoms with Crippen LogP contribution >= 0.6 is 0 Å². The molecular weight excluding hydrogens is 316 g/mol. The van der Waals surface area contributed by atoms with Crippen LogP contribution in [0.3, 0.4) is 0 Å². The second kappa shape index (κ2) is 8.85. The molecule has 1 aliphatic rings. The number of hydrogen-bond acceptors (Lipinski definition) is 3. The molecule has 0 bridgehead atoms. The Labute approximate surface area is 150 Å². The van der Waals surface area contributed by atoms with Crippen LogP contribution in [0, 0.1) is 13.8 Å². The molecule has 0 aliphatic carbocycles. The third-order valence-corrected chi connectivity index (χ3v) is 4.87. The van der Waals surface area contributed by atoms with Crippen LogP contribution in [0.4, 0.5) is 10.5 Å². The Balaban J connectivity index is 1.83. The lowest BCUT2D eigenvalue weighted by atomic mass is 10.1. The Morgan fingerprint density at radius 1 is 1.24 bits per heavy atom. The molecule has 0 aromatic heterocycles. The van der Waals surface area contributed by atoms with E-state index in [0.29, 0.717) is 19.5 Å². The lowest BCUT2D eigenvalue weighted by Crippen LogP contribution is -2.45. The number of amides is 3. The number of nitrogens with one attached hydrogen (secondary N) is 2. The first kappa shape index (κ1) is 19.2. The van der Waals surface area contributed by atoms with Gasteiger partial charge < -0.3 is 20.4 Å². The number of nitrogens with zero attached hydrogens (tertiary/aromatic N) is 2. The van der Waals surface area contributed by atoms with Crippen LogP contribution in [-0.2, 0) is 4.79 Å². The molecule has 1 saturated heterocycles. The van der Waals surface area contributed by atoms with E-state index in [2.05, 4.69) is 36.3 Å². The van der Waals surface area contributed by atoms with Gasteiger partial charge in [0, 0.05) is 31.7 Å². The number of hydrogen-bond donors (Lipinski definition) is 2. The van der Waals surface area contributed by atoms with Crippen molar-refractivity contribution in [1.82, 2.24) is 15.5 Å². The molecule has 6 nitrogen and oxygen atoms in total. The molecule has 0 spiro atoms. The Morgan fingerprint density at radius 2 is 1.96 bits per heavy atom. The summed E-state index contributed by atoms with van der Waals surface area (Å²) in [5.74, 6) is 0.0525. The summed E-state index contributed by atoms with van der Waals surface area (Å²) in [6, 6.07) is 5.67. The van der Waals surface area contributed by atoms with Crippen LogP contribution in [0.2, 0.25) is 0 Å². The van der Waals surface area contributed by atoms with Crippen molar-refractivity contribution in [2.24, 2.45) is 0 Å². The molecule has 0 radical (unpaired) electrons. The third-order valence-electron chi connectivity index (χ3n) is 4.87. The van der Waals surface area contributed by atoms with Gasteiger partial charge in [0.15, 0.2) is 0 Å². The summed E-state index contributed by atoms with van der Waals surface area (Å²) in [5, 5.41) is 5.79. The predicted octanol–water partition coefficient (Wildman–Crippen LogP) is 2.05. The van der Waals surface area contributed by atoms with Gasteiger partial charge in [-0.05, 0) is 50.2 Å². The molecule has 3 amide bonds. The molecule has 2 rings (SSSR count). The Bertz CT molecular complexity index is 613. The largest absolute Gasteiger partial charge is 0.337 e. The van der Waals surface area contributed by atoms with Crippen molar-refractivity contribution in [3.63, 3.8) is 0 Å². The van der Waals surface area contributed by atoms with Gasteiger partial charge in [-0.25, -0.2) is 4.79 Å². The fourth-order valence-electron chi connectivity index (χ4n) is 3.05. The third kappa shape index (κ3) is 5.19. The number of anilines is 1. The molecule has 1 aromatic carbocycles. The van der Waals surface area contributed by atoms with Gasteiger partial charge in [-0.15, -0.1) is 0 Å². The predicted molar refractivity (Wildman–Crippen MR) is 101 cm³/mol. The number of urea groups is 1. The normalized spacial score (nSPS) is 17.2. The fourth-order valence-corrected chi connectivity index (χ4v) is 3.05. The molecular formula is C19H30N4O2. The molecule has 25 heavy (non-hydrogen) atoms. The van der Waals surface area contributed by atoms with E-state index in [1.807, 2.05) is 25.1 Å². The molecule has 1 fully saturated rings. The van der Waals surface area contributed by atoms with Crippen molar-refractivity contribution in [2.75, 3.05) is 37.6 Å². The van der Waals surface area contributed by atoms with Crippen LogP contribution in [0.15, 0.2) is 18.2 Å². The maximum Gasteiger partial charge on any atom is 0.315 e. The zero-order valence-electron chi connectivity index (χ0n) is 15.8. The van der Waals surface area contributed by atoms with Gasteiger partial charge in [0.1, 0.15) is 0 Å². The molecule has 1 aromatic rings. The number of carbonyl (C=O) groups is 2. The maximum atomic E-state index is 12.3. The summed E-state index contributed by atoms with van der Waals surface area (Å²) in [6.07, 6.45) is 0.344. The minimum absolute atomic E-state index is 0.0525. The van der Waals surface area contributed by atoms with Crippen LogP contribution in [0.5, 0.6) is 0 Å². The lowest BCUT2D eigenvalue weighted by Gasteiger charge is -2.20. The molecule has 1 heterocycles. The minimum atomic E-state index is -0.202. The van der Waals surface area contributed by atoms with Crippen molar-refractivity contribution in [3.8, 4) is 0 Å². The second-order valence-corrected chi connectivity index (χ2v) is 6.60. The van der Waals surface area contributed by atoms with E-state index in [0.717, 1.165) is 30.9 Å². The zero-order chi connectivity index (χ0) is 18.4. The van der Waals surface area contributed by atoms with Crippen LogP contribution in [-0.4, -0.2) is 55.6 Å². The van der Waals surface area contributed by atoms with Gasteiger partial charge in [-0.1, -0.05) is 19.9 Å². The summed E-state index contributed by atoms with van der Waals surface area (Å²) in [6.45, 7) is 12.2. The van der Waals surface area contributed by atoms with Crippen molar-refractivity contribution in [1.29, 1.82) is 0 Å². The number of carbonyl (C=O) groups excluding carboxylic acids is 2. The molecule has 2 N–H and O–H groups in total. The highest BCUT2D eigenvalue weighted by molar-refractivity contribution is 5.96. The number of aryl methyl sites for hydroxylation is 2. The highest BCUT2D eigenvalue weighted by atomic mass is 16.2. The standard InChI is InChI=1S/C19H30N4O2/c1-5-22(6-2)10-9-20-19(25)21-16-12-18(24)23(13-16)17-8-7-14(3)15(4)11-17/h7-8,11,16H,5-6,9-10,12-13H2,1-4H3,(H2,20,21,25)/t16-/m0/s1. The van der Waals surface area contributed by atoms with E-state index < -0.39 is 0 Å².